The number of nitrogens with zero attached hydrogens (tertiary/aromatic N) is 3. The predicted molar refractivity (Wildman–Crippen MR) is 101 cm³/mol. The van der Waals surface area contributed by atoms with Gasteiger partial charge in [0.05, 0.1) is 15.7 Å². The Morgan fingerprint density at radius 1 is 0.958 bits per heavy atom. The van der Waals surface area contributed by atoms with E-state index in [1.165, 1.54) is 25.7 Å². The Morgan fingerprint density at radius 2 is 1.71 bits per heavy atom. The van der Waals surface area contributed by atoms with E-state index in [4.69, 9.17) is 23.2 Å². The number of halogens is 2. The highest BCUT2D eigenvalue weighted by Crippen LogP contribution is 2.28. The average molecular weight is 365 g/mol. The summed E-state index contributed by atoms with van der Waals surface area (Å²) in [6, 6.07) is 10.6. The predicted octanol–water partition coefficient (Wildman–Crippen LogP) is 4.74. The fourth-order valence-corrected chi connectivity index (χ4v) is 3.46. The monoisotopic (exact) mass is 364 g/mol. The van der Waals surface area contributed by atoms with Gasteiger partial charge < -0.3 is 10.2 Å². The van der Waals surface area contributed by atoms with E-state index >= 15 is 0 Å². The van der Waals surface area contributed by atoms with Crippen molar-refractivity contribution in [2.75, 3.05) is 19.4 Å². The molecule has 1 aromatic heterocycles. The molecule has 6 heteroatoms. The lowest BCUT2D eigenvalue weighted by molar-refractivity contribution is 0.221. The van der Waals surface area contributed by atoms with Crippen molar-refractivity contribution in [3.8, 4) is 11.3 Å². The molecule has 1 saturated carbocycles. The van der Waals surface area contributed by atoms with E-state index in [2.05, 4.69) is 34.5 Å². The van der Waals surface area contributed by atoms with Crippen LogP contribution in [0.25, 0.3) is 11.3 Å². The van der Waals surface area contributed by atoms with Gasteiger partial charge in [-0.25, -0.2) is 0 Å². The number of anilines is 1. The van der Waals surface area contributed by atoms with E-state index in [0.29, 0.717) is 22.1 Å². The van der Waals surface area contributed by atoms with Gasteiger partial charge in [0.25, 0.3) is 0 Å². The molecule has 128 valence electrons. The summed E-state index contributed by atoms with van der Waals surface area (Å²) >= 11 is 12.0. The molecule has 4 nitrogen and oxygen atoms in total. The molecule has 0 aliphatic heterocycles. The molecule has 0 bridgehead atoms. The van der Waals surface area contributed by atoms with E-state index in [9.17, 15) is 0 Å². The number of rotatable bonds is 4. The minimum atomic E-state index is 0.478. The van der Waals surface area contributed by atoms with Crippen LogP contribution in [-0.4, -0.2) is 41.3 Å². The quantitative estimate of drug-likeness (QED) is 0.850. The van der Waals surface area contributed by atoms with E-state index in [1.54, 1.807) is 6.07 Å². The normalized spacial score (nSPS) is 21.0. The highest BCUT2D eigenvalue weighted by molar-refractivity contribution is 6.42. The van der Waals surface area contributed by atoms with Crippen LogP contribution < -0.4 is 5.32 Å². The van der Waals surface area contributed by atoms with Gasteiger partial charge in [0.15, 0.2) is 0 Å². The van der Waals surface area contributed by atoms with Crippen molar-refractivity contribution in [3.63, 3.8) is 0 Å². The minimum absolute atomic E-state index is 0.478. The van der Waals surface area contributed by atoms with Crippen LogP contribution in [0.2, 0.25) is 10.0 Å². The Balaban J connectivity index is 1.62. The van der Waals surface area contributed by atoms with Crippen LogP contribution in [0.5, 0.6) is 0 Å². The van der Waals surface area contributed by atoms with Crippen molar-refractivity contribution in [1.29, 1.82) is 0 Å². The molecule has 1 N–H and O–H groups in total. The van der Waals surface area contributed by atoms with Crippen molar-refractivity contribution < 1.29 is 0 Å². The third-order valence-corrected chi connectivity index (χ3v) is 5.40. The first-order chi connectivity index (χ1) is 11.5. The largest absolute Gasteiger partial charge is 0.366 e. The summed E-state index contributed by atoms with van der Waals surface area (Å²) in [7, 11) is 4.32. The molecule has 1 aromatic carbocycles. The standard InChI is InChI=1S/C18H22Cl2N4/c1-24(2)14-6-4-13(5-7-14)21-18-10-9-17(22-23-18)12-3-8-15(19)16(20)11-12/h3,8-11,13-14H,4-7H2,1-2H3,(H,21,23). The highest BCUT2D eigenvalue weighted by Gasteiger charge is 2.22. The Bertz CT molecular complexity index is 680. The van der Waals surface area contributed by atoms with E-state index in [1.807, 2.05) is 24.3 Å². The zero-order valence-electron chi connectivity index (χ0n) is 14.0. The molecule has 1 fully saturated rings. The van der Waals surface area contributed by atoms with Gasteiger partial charge in [-0.3, -0.25) is 0 Å². The van der Waals surface area contributed by atoms with Gasteiger partial charge in [0, 0.05) is 17.6 Å². The molecule has 24 heavy (non-hydrogen) atoms. The Hall–Kier alpha value is -1.36. The van der Waals surface area contributed by atoms with Gasteiger partial charge in [0.1, 0.15) is 5.82 Å². The summed E-state index contributed by atoms with van der Waals surface area (Å²) in [4.78, 5) is 2.32. The maximum atomic E-state index is 6.06. The molecule has 0 unspecified atom stereocenters. The fourth-order valence-electron chi connectivity index (χ4n) is 3.16. The number of nitrogens with one attached hydrogen (secondary N) is 1. The number of hydrogen-bond donors (Lipinski definition) is 1. The van der Waals surface area contributed by atoms with Crippen LogP contribution in [0, 0.1) is 0 Å². The summed E-state index contributed by atoms with van der Waals surface area (Å²) < 4.78 is 0. The molecule has 0 amide bonds. The van der Waals surface area contributed by atoms with E-state index < -0.39 is 0 Å². The Kier molecular flexibility index (Phi) is 5.59. The lowest BCUT2D eigenvalue weighted by Crippen LogP contribution is -2.36. The van der Waals surface area contributed by atoms with Crippen LogP contribution in [0.3, 0.4) is 0 Å². The third-order valence-electron chi connectivity index (χ3n) is 4.66. The molecular formula is C18H22Cl2N4. The third kappa shape index (κ3) is 4.18. The Labute approximate surface area is 153 Å². The summed E-state index contributed by atoms with van der Waals surface area (Å²) in [5.74, 6) is 0.826. The molecule has 2 aromatic rings. The maximum absolute atomic E-state index is 6.06. The van der Waals surface area contributed by atoms with Gasteiger partial charge in [-0.1, -0.05) is 29.3 Å². The van der Waals surface area contributed by atoms with Crippen molar-refractivity contribution in [2.45, 2.75) is 37.8 Å². The molecule has 0 atom stereocenters. The molecule has 1 heterocycles. The summed E-state index contributed by atoms with van der Waals surface area (Å²) in [6.07, 6.45) is 4.77. The second-order valence-electron chi connectivity index (χ2n) is 6.55. The molecular weight excluding hydrogens is 343 g/mol. The smallest absolute Gasteiger partial charge is 0.148 e. The van der Waals surface area contributed by atoms with Crippen LogP contribution in [-0.2, 0) is 0 Å². The molecule has 3 rings (SSSR count). The SMILES string of the molecule is CN(C)C1CCC(Nc2ccc(-c3ccc(Cl)c(Cl)c3)nn2)CC1. The second kappa shape index (κ2) is 7.68. The van der Waals surface area contributed by atoms with Gasteiger partial charge in [-0.2, -0.15) is 0 Å². The van der Waals surface area contributed by atoms with Crippen LogP contribution >= 0.6 is 23.2 Å². The van der Waals surface area contributed by atoms with Gasteiger partial charge in [-0.15, -0.1) is 10.2 Å². The van der Waals surface area contributed by atoms with Crippen LogP contribution in [0.1, 0.15) is 25.7 Å². The number of benzene rings is 1. The zero-order valence-corrected chi connectivity index (χ0v) is 15.5. The first kappa shape index (κ1) is 17.5. The summed E-state index contributed by atoms with van der Waals surface area (Å²) in [5, 5.41) is 13.2. The molecule has 0 saturated heterocycles. The number of aromatic nitrogens is 2. The topological polar surface area (TPSA) is 41.0 Å². The minimum Gasteiger partial charge on any atom is -0.366 e. The second-order valence-corrected chi connectivity index (χ2v) is 7.36. The average Bonchev–Trinajstić information content (AvgIpc) is 2.58. The molecule has 1 aliphatic rings. The fraction of sp³-hybridized carbons (Fsp3) is 0.444. The van der Waals surface area contributed by atoms with Crippen molar-refractivity contribution >= 4 is 29.0 Å². The van der Waals surface area contributed by atoms with Crippen molar-refractivity contribution in [2.24, 2.45) is 0 Å². The van der Waals surface area contributed by atoms with Crippen LogP contribution in [0.15, 0.2) is 30.3 Å². The highest BCUT2D eigenvalue weighted by atomic mass is 35.5. The maximum Gasteiger partial charge on any atom is 0.148 e. The van der Waals surface area contributed by atoms with Gasteiger partial charge >= 0.3 is 0 Å². The van der Waals surface area contributed by atoms with Crippen molar-refractivity contribution in [1.82, 2.24) is 15.1 Å². The lowest BCUT2D eigenvalue weighted by atomic mass is 9.90. The zero-order chi connectivity index (χ0) is 17.1. The first-order valence-corrected chi connectivity index (χ1v) is 9.00. The summed E-state index contributed by atoms with van der Waals surface area (Å²) in [5.41, 5.74) is 1.70. The van der Waals surface area contributed by atoms with Crippen LogP contribution in [0.4, 0.5) is 5.82 Å². The summed E-state index contributed by atoms with van der Waals surface area (Å²) in [6.45, 7) is 0. The lowest BCUT2D eigenvalue weighted by Gasteiger charge is -2.33. The van der Waals surface area contributed by atoms with Gasteiger partial charge in [-0.05, 0) is 64.0 Å². The Morgan fingerprint density at radius 3 is 2.29 bits per heavy atom. The molecule has 0 spiro atoms. The molecule has 0 radical (unpaired) electrons. The molecule has 1 aliphatic carbocycles. The number of hydrogen-bond acceptors (Lipinski definition) is 4. The van der Waals surface area contributed by atoms with Crippen molar-refractivity contribution in [3.05, 3.63) is 40.4 Å². The van der Waals surface area contributed by atoms with Gasteiger partial charge in [0.2, 0.25) is 0 Å². The first-order valence-electron chi connectivity index (χ1n) is 8.25. The van der Waals surface area contributed by atoms with E-state index in [-0.39, 0.29) is 0 Å². The van der Waals surface area contributed by atoms with E-state index in [0.717, 1.165) is 17.1 Å².